The van der Waals surface area contributed by atoms with Crippen LogP contribution < -0.4 is 0 Å². The van der Waals surface area contributed by atoms with Gasteiger partial charge in [0.1, 0.15) is 19.3 Å². The minimum atomic E-state index is -4.96. The van der Waals surface area contributed by atoms with E-state index in [1.807, 2.05) is 0 Å². The van der Waals surface area contributed by atoms with Gasteiger partial charge >= 0.3 is 39.5 Å². The number of phosphoric acid groups is 2. The molecule has 606 valence electrons. The predicted octanol–water partition coefficient (Wildman–Crippen LogP) is 25.2. The Morgan fingerprint density at radius 1 is 0.265 bits per heavy atom. The van der Waals surface area contributed by atoms with E-state index in [1.54, 1.807) is 0 Å². The first-order valence-corrected chi connectivity index (χ1v) is 46.1. The van der Waals surface area contributed by atoms with Crippen LogP contribution in [0.2, 0.25) is 0 Å². The molecule has 0 heterocycles. The van der Waals surface area contributed by atoms with Crippen molar-refractivity contribution in [3.05, 3.63) is 0 Å². The van der Waals surface area contributed by atoms with Gasteiger partial charge in [0, 0.05) is 25.7 Å². The van der Waals surface area contributed by atoms with Crippen LogP contribution in [0, 0.1) is 5.92 Å². The van der Waals surface area contributed by atoms with Gasteiger partial charge in [0.25, 0.3) is 0 Å². The standard InChI is InChI=1S/C83H162O17P2/c1-6-9-12-15-18-21-24-27-29-31-32-33-34-36-38-40-43-48-53-58-63-68-82(87)99-78(72-94-81(86)67-62-57-52-47-42-39-37-35-30-28-25-22-19-16-13-10-7-2)74-97-101(89,90)95-70-77(84)71-96-102(91,92)98-75-79(100-83(88)69-64-59-54-49-44-45-50-55-60-65-76(4)5)73-93-80(85)66-61-56-51-46-41-26-23-20-17-14-11-8-3/h76-79,84H,6-75H2,1-5H3,(H,89,90)(H,91,92)/t77-,78-,79-/m1/s1. The smallest absolute Gasteiger partial charge is 0.462 e. The summed E-state index contributed by atoms with van der Waals surface area (Å²) in [4.78, 5) is 73.1. The predicted molar refractivity (Wildman–Crippen MR) is 418 cm³/mol. The minimum absolute atomic E-state index is 0.106. The highest BCUT2D eigenvalue weighted by Gasteiger charge is 2.30. The number of ether oxygens (including phenoxy) is 4. The van der Waals surface area contributed by atoms with Crippen molar-refractivity contribution in [2.24, 2.45) is 5.92 Å². The highest BCUT2D eigenvalue weighted by Crippen LogP contribution is 2.45. The van der Waals surface area contributed by atoms with Crippen molar-refractivity contribution in [3.8, 4) is 0 Å². The fourth-order valence-corrected chi connectivity index (χ4v) is 14.5. The van der Waals surface area contributed by atoms with Gasteiger partial charge < -0.3 is 33.8 Å². The first-order chi connectivity index (χ1) is 49.5. The third kappa shape index (κ3) is 76.3. The van der Waals surface area contributed by atoms with Gasteiger partial charge in [-0.25, -0.2) is 9.13 Å². The van der Waals surface area contributed by atoms with Crippen molar-refractivity contribution in [2.75, 3.05) is 39.6 Å². The van der Waals surface area contributed by atoms with Crippen molar-refractivity contribution in [1.82, 2.24) is 0 Å². The van der Waals surface area contributed by atoms with Gasteiger partial charge in [0.2, 0.25) is 0 Å². The lowest BCUT2D eigenvalue weighted by molar-refractivity contribution is -0.161. The first-order valence-electron chi connectivity index (χ1n) is 43.1. The lowest BCUT2D eigenvalue weighted by atomic mass is 10.0. The lowest BCUT2D eigenvalue weighted by Gasteiger charge is -2.21. The summed E-state index contributed by atoms with van der Waals surface area (Å²) >= 11 is 0. The number of unbranched alkanes of at least 4 members (excludes halogenated alkanes) is 55. The number of hydrogen-bond acceptors (Lipinski definition) is 15. The van der Waals surface area contributed by atoms with Gasteiger partial charge in [0.15, 0.2) is 12.2 Å². The van der Waals surface area contributed by atoms with E-state index in [4.69, 9.17) is 37.0 Å². The molecule has 0 radical (unpaired) electrons. The zero-order chi connectivity index (χ0) is 74.8. The highest BCUT2D eigenvalue weighted by molar-refractivity contribution is 7.47. The molecule has 0 spiro atoms. The summed E-state index contributed by atoms with van der Waals surface area (Å²) in [5.74, 6) is -1.37. The quantitative estimate of drug-likeness (QED) is 0.0222. The normalized spacial score (nSPS) is 13.8. The van der Waals surface area contributed by atoms with Crippen molar-refractivity contribution < 1.29 is 80.2 Å². The molecule has 0 rings (SSSR count). The second kappa shape index (κ2) is 75.9. The van der Waals surface area contributed by atoms with E-state index < -0.39 is 97.5 Å². The second-order valence-electron chi connectivity index (χ2n) is 30.3. The molecular formula is C83H162O17P2. The van der Waals surface area contributed by atoms with E-state index in [-0.39, 0.29) is 25.7 Å². The van der Waals surface area contributed by atoms with Gasteiger partial charge in [-0.05, 0) is 31.6 Å². The van der Waals surface area contributed by atoms with Gasteiger partial charge in [-0.15, -0.1) is 0 Å². The molecule has 17 nitrogen and oxygen atoms in total. The Balaban J connectivity index is 5.22. The van der Waals surface area contributed by atoms with Crippen molar-refractivity contribution in [2.45, 2.75) is 464 Å². The molecule has 0 fully saturated rings. The maximum Gasteiger partial charge on any atom is 0.472 e. The topological polar surface area (TPSA) is 237 Å². The Hall–Kier alpha value is -1.94. The van der Waals surface area contributed by atoms with Gasteiger partial charge in [0.05, 0.1) is 26.4 Å². The molecule has 0 saturated carbocycles. The Labute approximate surface area is 626 Å². The van der Waals surface area contributed by atoms with Crippen LogP contribution in [0.3, 0.4) is 0 Å². The average molecular weight is 1490 g/mol. The summed E-state index contributed by atoms with van der Waals surface area (Å²) in [6, 6.07) is 0. The molecule has 0 aromatic heterocycles. The summed E-state index contributed by atoms with van der Waals surface area (Å²) in [5, 5.41) is 10.7. The molecular weight excluding hydrogens is 1330 g/mol. The van der Waals surface area contributed by atoms with Gasteiger partial charge in [-0.2, -0.15) is 0 Å². The average Bonchev–Trinajstić information content (AvgIpc) is 0.911. The van der Waals surface area contributed by atoms with Crippen LogP contribution in [0.25, 0.3) is 0 Å². The minimum Gasteiger partial charge on any atom is -0.462 e. The third-order valence-electron chi connectivity index (χ3n) is 19.5. The van der Waals surface area contributed by atoms with Gasteiger partial charge in [-0.1, -0.05) is 394 Å². The second-order valence-corrected chi connectivity index (χ2v) is 33.3. The molecule has 102 heavy (non-hydrogen) atoms. The summed E-state index contributed by atoms with van der Waals surface area (Å²) in [5.41, 5.74) is 0. The molecule has 0 aliphatic heterocycles. The summed E-state index contributed by atoms with van der Waals surface area (Å²) in [6.45, 7) is 7.32. The molecule has 0 aliphatic rings. The number of aliphatic hydroxyl groups is 1. The Kier molecular flexibility index (Phi) is 74.4. The zero-order valence-corrected chi connectivity index (χ0v) is 68.5. The first kappa shape index (κ1) is 100. The number of carbonyl (C=O) groups excluding carboxylic acids is 4. The largest absolute Gasteiger partial charge is 0.472 e. The zero-order valence-electron chi connectivity index (χ0n) is 66.8. The lowest BCUT2D eigenvalue weighted by Crippen LogP contribution is -2.30. The molecule has 0 aliphatic carbocycles. The maximum absolute atomic E-state index is 13.1. The van der Waals surface area contributed by atoms with Crippen LogP contribution in [0.1, 0.15) is 446 Å². The molecule has 3 N–H and O–H groups in total. The number of esters is 4. The summed E-state index contributed by atoms with van der Waals surface area (Å²) in [7, 11) is -9.92. The number of rotatable bonds is 83. The van der Waals surface area contributed by atoms with E-state index in [0.717, 1.165) is 95.8 Å². The van der Waals surface area contributed by atoms with E-state index in [1.165, 1.54) is 270 Å². The van der Waals surface area contributed by atoms with Crippen LogP contribution in [-0.2, 0) is 65.4 Å². The molecule has 5 atom stereocenters. The van der Waals surface area contributed by atoms with Crippen molar-refractivity contribution >= 4 is 39.5 Å². The molecule has 19 heteroatoms. The van der Waals surface area contributed by atoms with Crippen molar-refractivity contribution in [1.29, 1.82) is 0 Å². The molecule has 0 aromatic carbocycles. The molecule has 0 bridgehead atoms. The van der Waals surface area contributed by atoms with E-state index in [9.17, 15) is 43.2 Å². The fourth-order valence-electron chi connectivity index (χ4n) is 12.9. The van der Waals surface area contributed by atoms with Crippen LogP contribution in [-0.4, -0.2) is 96.7 Å². The van der Waals surface area contributed by atoms with Crippen molar-refractivity contribution in [3.63, 3.8) is 0 Å². The van der Waals surface area contributed by atoms with E-state index in [0.29, 0.717) is 25.7 Å². The molecule has 0 amide bonds. The summed E-state index contributed by atoms with van der Waals surface area (Å²) in [6.07, 6.45) is 68.1. The third-order valence-corrected chi connectivity index (χ3v) is 21.4. The maximum atomic E-state index is 13.1. The molecule has 0 saturated heterocycles. The number of phosphoric ester groups is 2. The SMILES string of the molecule is CCCCCCCCCCCCCCCCCCCCCCCC(=O)O[C@H](COC(=O)CCCCCCCCCCCCCCCCCCC)COP(=O)(O)OC[C@@H](O)COP(=O)(O)OC[C@@H](COC(=O)CCCCCCCCCCCCCC)OC(=O)CCCCCCCCCCCC(C)C. The highest BCUT2D eigenvalue weighted by atomic mass is 31.2. The number of carbonyl (C=O) groups is 4. The fraction of sp³-hybridized carbons (Fsp3) is 0.952. The van der Waals surface area contributed by atoms with Crippen LogP contribution in [0.4, 0.5) is 0 Å². The monoisotopic (exact) mass is 1490 g/mol. The summed E-state index contributed by atoms with van der Waals surface area (Å²) < 4.78 is 68.8. The molecule has 2 unspecified atom stereocenters. The van der Waals surface area contributed by atoms with Crippen LogP contribution >= 0.6 is 15.6 Å². The van der Waals surface area contributed by atoms with Crippen LogP contribution in [0.5, 0.6) is 0 Å². The Morgan fingerprint density at radius 2 is 0.451 bits per heavy atom. The van der Waals surface area contributed by atoms with Gasteiger partial charge in [-0.3, -0.25) is 37.3 Å². The van der Waals surface area contributed by atoms with E-state index >= 15 is 0 Å². The number of hydrogen-bond donors (Lipinski definition) is 3. The van der Waals surface area contributed by atoms with Crippen LogP contribution in [0.15, 0.2) is 0 Å². The molecule has 0 aromatic rings. The van der Waals surface area contributed by atoms with E-state index in [2.05, 4.69) is 34.6 Å². The Morgan fingerprint density at radius 3 is 0.667 bits per heavy atom. The Bertz CT molecular complexity index is 1940. The number of aliphatic hydroxyl groups excluding tert-OH is 1.